The van der Waals surface area contributed by atoms with Crippen LogP contribution in [0.3, 0.4) is 0 Å². The second-order valence-electron chi connectivity index (χ2n) is 4.63. The molecule has 0 aliphatic rings. The van der Waals surface area contributed by atoms with Gasteiger partial charge < -0.3 is 16.0 Å². The lowest BCUT2D eigenvalue weighted by molar-refractivity contribution is -0.127. The van der Waals surface area contributed by atoms with Crippen molar-refractivity contribution < 1.29 is 4.79 Å². The van der Waals surface area contributed by atoms with E-state index in [1.807, 2.05) is 37.3 Å². The molecule has 0 aliphatic carbocycles. The molecular formula is C15H19N5O. The Bertz CT molecular complexity index is 615. The Balaban J connectivity index is 2.15. The predicted octanol–water partition coefficient (Wildman–Crippen LogP) is 1.62. The fourth-order valence-electron chi connectivity index (χ4n) is 1.75. The summed E-state index contributed by atoms with van der Waals surface area (Å²) in [5, 5.41) is 2.99. The van der Waals surface area contributed by atoms with Crippen LogP contribution in [0.1, 0.15) is 6.92 Å². The first-order valence-electron chi connectivity index (χ1n) is 6.78. The first-order valence-corrected chi connectivity index (χ1v) is 6.78. The van der Waals surface area contributed by atoms with Crippen molar-refractivity contribution in [3.05, 3.63) is 36.4 Å². The van der Waals surface area contributed by atoms with Crippen molar-refractivity contribution in [1.29, 1.82) is 0 Å². The number of hydrogen-bond donors (Lipinski definition) is 2. The molecule has 1 aromatic carbocycles. The van der Waals surface area contributed by atoms with Crippen LogP contribution in [0, 0.1) is 0 Å². The zero-order valence-electron chi connectivity index (χ0n) is 12.2. The Kier molecular flexibility index (Phi) is 4.71. The fraction of sp³-hybridized carbons (Fsp3) is 0.267. The van der Waals surface area contributed by atoms with Gasteiger partial charge in [-0.15, -0.1) is 0 Å². The second kappa shape index (κ2) is 6.69. The number of nitrogens with zero attached hydrogens (tertiary/aromatic N) is 3. The number of amides is 1. The first kappa shape index (κ1) is 14.8. The smallest absolute Gasteiger partial charge is 0.241 e. The minimum atomic E-state index is -0.00375. The standard InChI is InChI=1S/C15H19N5O/c1-3-20(2)14(21)10-17-13-9-12(16)18-15(19-13)11-7-5-4-6-8-11/h4-9H,3,10H2,1-2H3,(H3,16,17,18,19). The molecule has 0 atom stereocenters. The van der Waals surface area contributed by atoms with E-state index in [-0.39, 0.29) is 12.5 Å². The van der Waals surface area contributed by atoms with E-state index >= 15 is 0 Å². The van der Waals surface area contributed by atoms with Crippen LogP contribution in [-0.2, 0) is 4.79 Å². The van der Waals surface area contributed by atoms with E-state index in [4.69, 9.17) is 5.73 Å². The summed E-state index contributed by atoms with van der Waals surface area (Å²) in [6.07, 6.45) is 0. The molecule has 0 aliphatic heterocycles. The monoisotopic (exact) mass is 285 g/mol. The molecule has 21 heavy (non-hydrogen) atoms. The molecule has 2 aromatic rings. The molecule has 110 valence electrons. The Hall–Kier alpha value is -2.63. The van der Waals surface area contributed by atoms with Crippen LogP contribution in [0.5, 0.6) is 0 Å². The zero-order valence-corrected chi connectivity index (χ0v) is 12.2. The summed E-state index contributed by atoms with van der Waals surface area (Å²) in [5.74, 6) is 1.44. The lowest BCUT2D eigenvalue weighted by Crippen LogP contribution is -2.32. The molecule has 6 nitrogen and oxygen atoms in total. The molecule has 0 unspecified atom stereocenters. The van der Waals surface area contributed by atoms with Gasteiger partial charge in [-0.05, 0) is 6.92 Å². The van der Waals surface area contributed by atoms with Gasteiger partial charge in [-0.2, -0.15) is 0 Å². The number of likely N-dealkylation sites (N-methyl/N-ethyl adjacent to an activating group) is 1. The average molecular weight is 285 g/mol. The zero-order chi connectivity index (χ0) is 15.2. The van der Waals surface area contributed by atoms with E-state index in [1.54, 1.807) is 18.0 Å². The molecule has 1 amide bonds. The Labute approximate surface area is 124 Å². The molecule has 3 N–H and O–H groups in total. The van der Waals surface area contributed by atoms with E-state index in [0.717, 1.165) is 5.56 Å². The molecule has 1 heterocycles. The minimum absolute atomic E-state index is 0.00375. The number of benzene rings is 1. The molecule has 0 radical (unpaired) electrons. The van der Waals surface area contributed by atoms with Crippen LogP contribution in [-0.4, -0.2) is 40.9 Å². The molecule has 1 aromatic heterocycles. The lowest BCUT2D eigenvalue weighted by atomic mass is 10.2. The van der Waals surface area contributed by atoms with E-state index < -0.39 is 0 Å². The fourth-order valence-corrected chi connectivity index (χ4v) is 1.75. The number of carbonyl (C=O) groups is 1. The number of aromatic nitrogens is 2. The molecule has 0 saturated heterocycles. The quantitative estimate of drug-likeness (QED) is 0.872. The topological polar surface area (TPSA) is 84.1 Å². The van der Waals surface area contributed by atoms with Gasteiger partial charge in [0.2, 0.25) is 5.91 Å². The van der Waals surface area contributed by atoms with Gasteiger partial charge in [0.05, 0.1) is 6.54 Å². The minimum Gasteiger partial charge on any atom is -0.384 e. The number of nitrogen functional groups attached to an aromatic ring is 1. The Morgan fingerprint density at radius 1 is 1.29 bits per heavy atom. The Morgan fingerprint density at radius 2 is 2.00 bits per heavy atom. The molecule has 0 spiro atoms. The highest BCUT2D eigenvalue weighted by Crippen LogP contribution is 2.18. The maximum absolute atomic E-state index is 11.8. The summed E-state index contributed by atoms with van der Waals surface area (Å²) in [6, 6.07) is 11.2. The first-order chi connectivity index (χ1) is 10.1. The number of nitrogens with two attached hydrogens (primary N) is 1. The molecule has 2 rings (SSSR count). The van der Waals surface area contributed by atoms with Crippen LogP contribution >= 0.6 is 0 Å². The van der Waals surface area contributed by atoms with Gasteiger partial charge in [0, 0.05) is 25.2 Å². The summed E-state index contributed by atoms with van der Waals surface area (Å²) in [4.78, 5) is 22.0. The predicted molar refractivity (Wildman–Crippen MR) is 83.7 cm³/mol. The molecule has 0 fully saturated rings. The SMILES string of the molecule is CCN(C)C(=O)CNc1cc(N)nc(-c2ccccc2)n1. The number of nitrogens with one attached hydrogen (secondary N) is 1. The summed E-state index contributed by atoms with van der Waals surface area (Å²) in [5.41, 5.74) is 6.68. The molecule has 0 bridgehead atoms. The second-order valence-corrected chi connectivity index (χ2v) is 4.63. The average Bonchev–Trinajstić information content (AvgIpc) is 2.52. The van der Waals surface area contributed by atoms with Crippen LogP contribution < -0.4 is 11.1 Å². The molecular weight excluding hydrogens is 266 g/mol. The Morgan fingerprint density at radius 3 is 2.67 bits per heavy atom. The summed E-state index contributed by atoms with van der Waals surface area (Å²) in [7, 11) is 1.76. The van der Waals surface area contributed by atoms with E-state index in [0.29, 0.717) is 24.0 Å². The van der Waals surface area contributed by atoms with Gasteiger partial charge in [-0.1, -0.05) is 30.3 Å². The highest BCUT2D eigenvalue weighted by molar-refractivity contribution is 5.80. The van der Waals surface area contributed by atoms with Crippen molar-refractivity contribution >= 4 is 17.5 Å². The van der Waals surface area contributed by atoms with Crippen LogP contribution in [0.2, 0.25) is 0 Å². The third-order valence-electron chi connectivity index (χ3n) is 3.10. The van der Waals surface area contributed by atoms with E-state index in [9.17, 15) is 4.79 Å². The third kappa shape index (κ3) is 3.92. The van der Waals surface area contributed by atoms with Gasteiger partial charge in [-0.25, -0.2) is 9.97 Å². The largest absolute Gasteiger partial charge is 0.384 e. The van der Waals surface area contributed by atoms with Crippen molar-refractivity contribution in [3.8, 4) is 11.4 Å². The van der Waals surface area contributed by atoms with Gasteiger partial charge in [0.25, 0.3) is 0 Å². The van der Waals surface area contributed by atoms with Crippen molar-refractivity contribution in [2.24, 2.45) is 0 Å². The van der Waals surface area contributed by atoms with Crippen LogP contribution in [0.4, 0.5) is 11.6 Å². The number of rotatable bonds is 5. The van der Waals surface area contributed by atoms with Gasteiger partial charge >= 0.3 is 0 Å². The summed E-state index contributed by atoms with van der Waals surface area (Å²) >= 11 is 0. The third-order valence-corrected chi connectivity index (χ3v) is 3.10. The maximum Gasteiger partial charge on any atom is 0.241 e. The number of anilines is 2. The summed E-state index contributed by atoms with van der Waals surface area (Å²) in [6.45, 7) is 2.77. The normalized spacial score (nSPS) is 10.2. The van der Waals surface area contributed by atoms with Crippen LogP contribution in [0.15, 0.2) is 36.4 Å². The van der Waals surface area contributed by atoms with E-state index in [2.05, 4.69) is 15.3 Å². The molecule has 0 saturated carbocycles. The van der Waals surface area contributed by atoms with Crippen molar-refractivity contribution in [2.75, 3.05) is 31.2 Å². The lowest BCUT2D eigenvalue weighted by Gasteiger charge is -2.15. The van der Waals surface area contributed by atoms with Crippen molar-refractivity contribution in [1.82, 2.24) is 14.9 Å². The van der Waals surface area contributed by atoms with Gasteiger partial charge in [0.15, 0.2) is 5.82 Å². The maximum atomic E-state index is 11.8. The highest BCUT2D eigenvalue weighted by atomic mass is 16.2. The van der Waals surface area contributed by atoms with Crippen molar-refractivity contribution in [3.63, 3.8) is 0 Å². The van der Waals surface area contributed by atoms with Gasteiger partial charge in [0.1, 0.15) is 11.6 Å². The van der Waals surface area contributed by atoms with Gasteiger partial charge in [-0.3, -0.25) is 4.79 Å². The highest BCUT2D eigenvalue weighted by Gasteiger charge is 2.09. The summed E-state index contributed by atoms with van der Waals surface area (Å²) < 4.78 is 0. The molecule has 6 heteroatoms. The number of hydrogen-bond acceptors (Lipinski definition) is 5. The van der Waals surface area contributed by atoms with Crippen molar-refractivity contribution in [2.45, 2.75) is 6.92 Å². The van der Waals surface area contributed by atoms with Crippen LogP contribution in [0.25, 0.3) is 11.4 Å². The van der Waals surface area contributed by atoms with E-state index in [1.165, 1.54) is 0 Å². The number of carbonyl (C=O) groups excluding carboxylic acids is 1.